The van der Waals surface area contributed by atoms with Crippen molar-refractivity contribution in [3.63, 3.8) is 0 Å². The molecule has 0 heterocycles. The lowest BCUT2D eigenvalue weighted by molar-refractivity contribution is -0.0496. The number of amides is 1. The summed E-state index contributed by atoms with van der Waals surface area (Å²) in [5.41, 5.74) is 6.86. The number of aliphatic hydroxyl groups is 1. The van der Waals surface area contributed by atoms with Crippen LogP contribution in [0.4, 0.5) is 18.9 Å². The van der Waals surface area contributed by atoms with Gasteiger partial charge in [0.15, 0.2) is 27.3 Å². The summed E-state index contributed by atoms with van der Waals surface area (Å²) in [6.07, 6.45) is 1.46. The molecule has 0 aliphatic heterocycles. The van der Waals surface area contributed by atoms with Crippen molar-refractivity contribution in [1.82, 2.24) is 0 Å². The molecule has 35 heavy (non-hydrogen) atoms. The maximum absolute atomic E-state index is 13.5. The van der Waals surface area contributed by atoms with Crippen molar-refractivity contribution in [2.75, 3.05) is 11.9 Å². The van der Waals surface area contributed by atoms with Gasteiger partial charge in [-0.1, -0.05) is 16.7 Å². The number of hydrogen-bond acceptors (Lipinski definition) is 5. The van der Waals surface area contributed by atoms with Gasteiger partial charge < -0.3 is 10.4 Å². The lowest BCUT2D eigenvalue weighted by Crippen LogP contribution is -2.50. The number of nitrogens with one attached hydrogen (secondary N) is 1. The van der Waals surface area contributed by atoms with E-state index >= 15 is 0 Å². The maximum atomic E-state index is 13.5. The Bertz CT molecular complexity index is 1310. The number of rotatable bonds is 6. The summed E-state index contributed by atoms with van der Waals surface area (Å²) in [7, 11) is -4.03. The number of anilines is 1. The highest BCUT2D eigenvalue weighted by Gasteiger charge is 2.55. The second-order valence-corrected chi connectivity index (χ2v) is 11.4. The van der Waals surface area contributed by atoms with E-state index in [0.717, 1.165) is 6.07 Å². The molecule has 2 unspecified atom stereocenters. The first-order chi connectivity index (χ1) is 16.5. The summed E-state index contributed by atoms with van der Waals surface area (Å²) in [6, 6.07) is 4.74. The summed E-state index contributed by atoms with van der Waals surface area (Å²) in [6.45, 7) is -0.132. The Kier molecular flexibility index (Phi) is 6.76. The monoisotopic (exact) mass is 528 g/mol. The van der Waals surface area contributed by atoms with Gasteiger partial charge >= 0.3 is 0 Å². The Labute approximate surface area is 203 Å². The highest BCUT2D eigenvalue weighted by molar-refractivity contribution is 7.92. The number of hydrogen-bond donors (Lipinski definition) is 2. The van der Waals surface area contributed by atoms with Gasteiger partial charge in [0.1, 0.15) is 0 Å². The third-order valence-electron chi connectivity index (χ3n) is 6.94. The zero-order valence-electron chi connectivity index (χ0n) is 18.1. The van der Waals surface area contributed by atoms with Crippen LogP contribution in [-0.2, 0) is 9.84 Å². The highest BCUT2D eigenvalue weighted by Crippen LogP contribution is 2.52. The second kappa shape index (κ2) is 9.34. The molecule has 2 aliphatic carbocycles. The summed E-state index contributed by atoms with van der Waals surface area (Å²) in [4.78, 5) is 15.0. The van der Waals surface area contributed by atoms with E-state index in [1.807, 2.05) is 0 Å². The molecule has 0 spiro atoms. The summed E-state index contributed by atoms with van der Waals surface area (Å²) in [5, 5.41) is 15.7. The molecule has 4 rings (SSSR count). The van der Waals surface area contributed by atoms with E-state index in [4.69, 9.17) is 17.1 Å². The zero-order valence-corrected chi connectivity index (χ0v) is 19.7. The van der Waals surface area contributed by atoms with Gasteiger partial charge in [-0.05, 0) is 61.2 Å². The molecule has 2 aromatic rings. The number of fused-ring (bicyclic) bond motifs is 2. The third kappa shape index (κ3) is 4.58. The van der Waals surface area contributed by atoms with Crippen LogP contribution < -0.4 is 5.32 Å². The Balaban J connectivity index is 1.59. The predicted molar refractivity (Wildman–Crippen MR) is 121 cm³/mol. The van der Waals surface area contributed by atoms with Crippen LogP contribution >= 0.6 is 11.6 Å². The van der Waals surface area contributed by atoms with Gasteiger partial charge in [-0.25, -0.2) is 21.6 Å². The van der Waals surface area contributed by atoms with Crippen LogP contribution in [0.15, 0.2) is 40.3 Å². The van der Waals surface area contributed by atoms with E-state index in [2.05, 4.69) is 15.3 Å². The fourth-order valence-corrected chi connectivity index (χ4v) is 7.54. The molecule has 2 aliphatic rings. The van der Waals surface area contributed by atoms with E-state index < -0.39 is 44.0 Å². The van der Waals surface area contributed by atoms with Crippen LogP contribution in [0.3, 0.4) is 0 Å². The molecule has 0 aromatic heterocycles. The van der Waals surface area contributed by atoms with Crippen molar-refractivity contribution < 1.29 is 31.5 Å². The lowest BCUT2D eigenvalue weighted by atomic mass is 9.74. The maximum Gasteiger partial charge on any atom is 0.255 e. The molecule has 2 fully saturated rings. The molecule has 2 aromatic carbocycles. The van der Waals surface area contributed by atoms with Crippen molar-refractivity contribution in [1.29, 1.82) is 0 Å². The molecule has 1 amide bonds. The zero-order chi connectivity index (χ0) is 25.5. The largest absolute Gasteiger partial charge is 0.389 e. The number of azide groups is 1. The lowest BCUT2D eigenvalue weighted by Gasteiger charge is -2.41. The quantitative estimate of drug-likeness (QED) is 0.236. The van der Waals surface area contributed by atoms with Gasteiger partial charge in [0.2, 0.25) is 0 Å². The Hall–Kier alpha value is -2.79. The predicted octanol–water partition coefficient (Wildman–Crippen LogP) is 5.01. The smallest absolute Gasteiger partial charge is 0.255 e. The summed E-state index contributed by atoms with van der Waals surface area (Å²) in [5.74, 6) is -6.30. The van der Waals surface area contributed by atoms with E-state index in [9.17, 15) is 31.5 Å². The number of sulfone groups is 1. The minimum absolute atomic E-state index is 0.109. The molecule has 2 N–H and O–H groups in total. The van der Waals surface area contributed by atoms with Crippen molar-refractivity contribution in [3.8, 4) is 0 Å². The standard InChI is InChI=1S/C22H20ClF3N4O4S/c23-16-4-1-11(21(31)29-14-8-17(24)20(26)18(25)9-14)5-19(16)35(33,34)15-6-12-2-3-13(7-15)22(12,32)10-28-30-27/h1,4-5,8-9,12-13,15,32H,2-3,6-7,10H2,(H,29,31). The first kappa shape index (κ1) is 25.3. The summed E-state index contributed by atoms with van der Waals surface area (Å²) >= 11 is 6.18. The average molecular weight is 529 g/mol. The molecule has 2 saturated carbocycles. The van der Waals surface area contributed by atoms with Crippen molar-refractivity contribution in [3.05, 3.63) is 68.8 Å². The molecule has 2 atom stereocenters. The van der Waals surface area contributed by atoms with Crippen LogP contribution in [0.2, 0.25) is 5.02 Å². The van der Waals surface area contributed by atoms with Crippen LogP contribution in [-0.4, -0.2) is 36.8 Å². The molecule has 0 radical (unpaired) electrons. The van der Waals surface area contributed by atoms with Gasteiger partial charge in [0, 0.05) is 28.3 Å². The van der Waals surface area contributed by atoms with E-state index in [0.29, 0.717) is 25.0 Å². The molecular formula is C22H20ClF3N4O4S. The second-order valence-electron chi connectivity index (χ2n) is 8.84. The van der Waals surface area contributed by atoms with Crippen LogP contribution in [0.1, 0.15) is 36.0 Å². The van der Waals surface area contributed by atoms with Crippen LogP contribution in [0.25, 0.3) is 10.4 Å². The topological polar surface area (TPSA) is 132 Å². The van der Waals surface area contributed by atoms with Crippen molar-refractivity contribution >= 4 is 33.0 Å². The number of nitrogens with zero attached hydrogens (tertiary/aromatic N) is 3. The Morgan fingerprint density at radius 3 is 2.34 bits per heavy atom. The SMILES string of the molecule is [N-]=[N+]=NCC1(O)C2CCC1CC(S(=O)(=O)c1cc(C(=O)Nc3cc(F)c(F)c(F)c3)ccc1Cl)C2. The van der Waals surface area contributed by atoms with Crippen molar-refractivity contribution in [2.24, 2.45) is 17.0 Å². The Morgan fingerprint density at radius 1 is 1.17 bits per heavy atom. The van der Waals surface area contributed by atoms with E-state index in [1.165, 1.54) is 12.1 Å². The van der Waals surface area contributed by atoms with Gasteiger partial charge in [0.05, 0.1) is 27.3 Å². The molecule has 186 valence electrons. The van der Waals surface area contributed by atoms with Crippen LogP contribution in [0.5, 0.6) is 0 Å². The van der Waals surface area contributed by atoms with Gasteiger partial charge in [-0.15, -0.1) is 0 Å². The van der Waals surface area contributed by atoms with Gasteiger partial charge in [-0.3, -0.25) is 4.79 Å². The molecule has 13 heteroatoms. The number of carbonyl (C=O) groups is 1. The number of benzene rings is 2. The Morgan fingerprint density at radius 2 is 1.77 bits per heavy atom. The number of carbonyl (C=O) groups excluding carboxylic acids is 1. The average Bonchev–Trinajstić information content (AvgIpc) is 2.97. The van der Waals surface area contributed by atoms with Crippen LogP contribution in [0, 0.1) is 29.3 Å². The molecule has 2 bridgehead atoms. The fraction of sp³-hybridized carbons (Fsp3) is 0.409. The number of halogens is 4. The molecule has 0 saturated heterocycles. The van der Waals surface area contributed by atoms with Gasteiger partial charge in [0.25, 0.3) is 5.91 Å². The van der Waals surface area contributed by atoms with E-state index in [-0.39, 0.29) is 52.4 Å². The molecular weight excluding hydrogens is 509 g/mol. The first-order valence-corrected chi connectivity index (χ1v) is 12.6. The normalized spacial score (nSPS) is 25.7. The minimum atomic E-state index is -4.03. The van der Waals surface area contributed by atoms with Gasteiger partial charge in [-0.2, -0.15) is 0 Å². The third-order valence-corrected chi connectivity index (χ3v) is 9.60. The van der Waals surface area contributed by atoms with Crippen molar-refractivity contribution in [2.45, 2.75) is 41.4 Å². The minimum Gasteiger partial charge on any atom is -0.389 e. The highest BCUT2D eigenvalue weighted by atomic mass is 35.5. The fourth-order valence-electron chi connectivity index (χ4n) is 5.14. The summed E-state index contributed by atoms with van der Waals surface area (Å²) < 4.78 is 67.1. The van der Waals surface area contributed by atoms with E-state index in [1.54, 1.807) is 0 Å². The molecule has 8 nitrogen and oxygen atoms in total. The first-order valence-electron chi connectivity index (χ1n) is 10.7.